The summed E-state index contributed by atoms with van der Waals surface area (Å²) >= 11 is 0. The van der Waals surface area contributed by atoms with Crippen LogP contribution in [0.15, 0.2) is 0 Å². The quantitative estimate of drug-likeness (QED) is 0.668. The molecule has 0 spiro atoms. The van der Waals surface area contributed by atoms with E-state index in [0.717, 1.165) is 58.5 Å². The lowest BCUT2D eigenvalue weighted by Crippen LogP contribution is -2.52. The highest BCUT2D eigenvalue weighted by Gasteiger charge is 2.28. The van der Waals surface area contributed by atoms with Crippen LogP contribution in [0.25, 0.3) is 0 Å². The lowest BCUT2D eigenvalue weighted by molar-refractivity contribution is -0.136. The molecule has 3 aliphatic rings. The number of likely N-dealkylation sites (tertiary alicyclic amines) is 1. The number of hydrogen-bond acceptors (Lipinski definition) is 5. The van der Waals surface area contributed by atoms with E-state index in [4.69, 9.17) is 0 Å². The van der Waals surface area contributed by atoms with Crippen molar-refractivity contribution < 1.29 is 14.4 Å². The Hall–Kier alpha value is -1.67. The maximum absolute atomic E-state index is 12.5. The third-order valence-electron chi connectivity index (χ3n) is 5.74. The Morgan fingerprint density at radius 1 is 1.04 bits per heavy atom. The van der Waals surface area contributed by atoms with Crippen LogP contribution in [0.3, 0.4) is 0 Å². The summed E-state index contributed by atoms with van der Waals surface area (Å²) in [7, 11) is 0. The summed E-state index contributed by atoms with van der Waals surface area (Å²) in [4.78, 5) is 43.5. The second kappa shape index (κ2) is 8.81. The van der Waals surface area contributed by atoms with E-state index in [1.165, 1.54) is 11.3 Å². The van der Waals surface area contributed by atoms with E-state index in [1.54, 1.807) is 0 Å². The Labute approximate surface area is 155 Å². The summed E-state index contributed by atoms with van der Waals surface area (Å²) in [6, 6.07) is 0.105. The second-order valence-electron chi connectivity index (χ2n) is 7.61. The van der Waals surface area contributed by atoms with Gasteiger partial charge in [0.05, 0.1) is 13.1 Å². The minimum absolute atomic E-state index is 0.126. The van der Waals surface area contributed by atoms with E-state index in [2.05, 4.69) is 22.0 Å². The number of carbonyl (C=O) groups is 3. The van der Waals surface area contributed by atoms with Crippen LogP contribution in [0.1, 0.15) is 32.6 Å². The van der Waals surface area contributed by atoms with Gasteiger partial charge < -0.3 is 15.1 Å². The molecule has 4 amide bonds. The highest BCUT2D eigenvalue weighted by molar-refractivity contribution is 6.01. The molecular formula is C18H31N5O3. The Balaban J connectivity index is 1.33. The molecule has 3 saturated heterocycles. The minimum atomic E-state index is -0.273. The number of urea groups is 1. The average molecular weight is 365 g/mol. The van der Waals surface area contributed by atoms with Gasteiger partial charge in [-0.25, -0.2) is 4.79 Å². The molecule has 1 unspecified atom stereocenters. The summed E-state index contributed by atoms with van der Waals surface area (Å²) in [6.45, 7) is 8.74. The van der Waals surface area contributed by atoms with E-state index < -0.39 is 0 Å². The van der Waals surface area contributed by atoms with Crippen LogP contribution >= 0.6 is 0 Å². The van der Waals surface area contributed by atoms with Gasteiger partial charge in [-0.3, -0.25) is 19.4 Å². The zero-order valence-corrected chi connectivity index (χ0v) is 15.8. The molecule has 8 heteroatoms. The number of piperidine rings is 1. The van der Waals surface area contributed by atoms with Crippen molar-refractivity contribution in [3.05, 3.63) is 0 Å². The van der Waals surface area contributed by atoms with Crippen molar-refractivity contribution in [2.45, 2.75) is 38.6 Å². The van der Waals surface area contributed by atoms with Crippen LogP contribution in [0.4, 0.5) is 4.79 Å². The van der Waals surface area contributed by atoms with Crippen LogP contribution in [-0.2, 0) is 9.59 Å². The maximum Gasteiger partial charge on any atom is 0.324 e. The molecule has 3 heterocycles. The molecule has 0 aromatic rings. The van der Waals surface area contributed by atoms with Gasteiger partial charge in [0.1, 0.15) is 0 Å². The van der Waals surface area contributed by atoms with Crippen LogP contribution in [-0.4, -0.2) is 102 Å². The van der Waals surface area contributed by atoms with Crippen molar-refractivity contribution in [3.63, 3.8) is 0 Å². The number of nitrogens with zero attached hydrogens (tertiary/aromatic N) is 4. The van der Waals surface area contributed by atoms with E-state index in [1.807, 2.05) is 4.90 Å². The Kier molecular flexibility index (Phi) is 6.48. The molecule has 0 bridgehead atoms. The highest BCUT2D eigenvalue weighted by Crippen LogP contribution is 2.17. The predicted molar refractivity (Wildman–Crippen MR) is 97.6 cm³/mol. The number of carbonyl (C=O) groups excluding carboxylic acids is 3. The van der Waals surface area contributed by atoms with Crippen molar-refractivity contribution in [3.8, 4) is 0 Å². The topological polar surface area (TPSA) is 76.2 Å². The number of rotatable bonds is 6. The van der Waals surface area contributed by atoms with Crippen molar-refractivity contribution in [2.24, 2.45) is 0 Å². The van der Waals surface area contributed by atoms with Crippen molar-refractivity contribution >= 4 is 17.8 Å². The summed E-state index contributed by atoms with van der Waals surface area (Å²) in [5.41, 5.74) is 0. The number of imide groups is 1. The third kappa shape index (κ3) is 4.73. The first-order valence-corrected chi connectivity index (χ1v) is 9.87. The van der Waals surface area contributed by atoms with Gasteiger partial charge in [0.15, 0.2) is 0 Å². The Morgan fingerprint density at radius 3 is 2.42 bits per heavy atom. The molecule has 0 aromatic carbocycles. The first kappa shape index (κ1) is 19.1. The Bertz CT molecular complexity index is 517. The summed E-state index contributed by atoms with van der Waals surface area (Å²) in [5.74, 6) is 0.134. The van der Waals surface area contributed by atoms with Gasteiger partial charge in [-0.2, -0.15) is 0 Å². The van der Waals surface area contributed by atoms with Gasteiger partial charge in [0, 0.05) is 45.3 Å². The smallest absolute Gasteiger partial charge is 0.324 e. The lowest BCUT2D eigenvalue weighted by atomic mass is 10.0. The molecule has 8 nitrogen and oxygen atoms in total. The molecule has 1 N–H and O–H groups in total. The molecule has 0 radical (unpaired) electrons. The normalized spacial score (nSPS) is 25.7. The average Bonchev–Trinajstić information content (AvgIpc) is 2.95. The first-order valence-electron chi connectivity index (χ1n) is 9.87. The van der Waals surface area contributed by atoms with Crippen LogP contribution in [0.5, 0.6) is 0 Å². The van der Waals surface area contributed by atoms with Crippen LogP contribution in [0, 0.1) is 0 Å². The zero-order chi connectivity index (χ0) is 18.5. The molecule has 1 atom stereocenters. The van der Waals surface area contributed by atoms with Crippen LogP contribution in [0.2, 0.25) is 0 Å². The number of hydrogen-bond donors (Lipinski definition) is 1. The molecule has 3 rings (SSSR count). The number of nitrogens with one attached hydrogen (secondary N) is 1. The summed E-state index contributed by atoms with van der Waals surface area (Å²) < 4.78 is 0. The fourth-order valence-electron chi connectivity index (χ4n) is 4.06. The Morgan fingerprint density at radius 2 is 1.77 bits per heavy atom. The summed E-state index contributed by atoms with van der Waals surface area (Å²) in [6.07, 6.45) is 4.27. The van der Waals surface area contributed by atoms with Gasteiger partial charge in [-0.15, -0.1) is 0 Å². The second-order valence-corrected chi connectivity index (χ2v) is 7.61. The third-order valence-corrected chi connectivity index (χ3v) is 5.74. The molecule has 3 aliphatic heterocycles. The first-order chi connectivity index (χ1) is 12.5. The van der Waals surface area contributed by atoms with E-state index in [9.17, 15) is 14.4 Å². The molecule has 0 aromatic heterocycles. The molecule has 26 heavy (non-hydrogen) atoms. The van der Waals surface area contributed by atoms with Gasteiger partial charge >= 0.3 is 6.03 Å². The van der Waals surface area contributed by atoms with Crippen molar-refractivity contribution in [2.75, 3.05) is 58.9 Å². The monoisotopic (exact) mass is 365 g/mol. The van der Waals surface area contributed by atoms with E-state index >= 15 is 0 Å². The fraction of sp³-hybridized carbons (Fsp3) is 0.833. The molecule has 0 aliphatic carbocycles. The van der Waals surface area contributed by atoms with Gasteiger partial charge in [-0.05, 0) is 39.2 Å². The largest absolute Gasteiger partial charge is 0.339 e. The fourth-order valence-corrected chi connectivity index (χ4v) is 4.06. The van der Waals surface area contributed by atoms with Gasteiger partial charge in [0.25, 0.3) is 0 Å². The highest BCUT2D eigenvalue weighted by atomic mass is 16.2. The molecule has 0 saturated carbocycles. The van der Waals surface area contributed by atoms with E-state index in [0.29, 0.717) is 19.1 Å². The molecule has 146 valence electrons. The van der Waals surface area contributed by atoms with Gasteiger partial charge in [0.2, 0.25) is 11.8 Å². The van der Waals surface area contributed by atoms with Crippen molar-refractivity contribution in [1.29, 1.82) is 0 Å². The molecular weight excluding hydrogens is 334 g/mol. The van der Waals surface area contributed by atoms with E-state index in [-0.39, 0.29) is 24.4 Å². The zero-order valence-electron chi connectivity index (χ0n) is 15.8. The van der Waals surface area contributed by atoms with Crippen LogP contribution < -0.4 is 5.32 Å². The SMILES string of the molecule is CC1CCCCN1C(=O)CN1CCN(CCCN2C(=O)CNC2=O)CC1. The number of amides is 4. The van der Waals surface area contributed by atoms with Gasteiger partial charge in [-0.1, -0.05) is 0 Å². The minimum Gasteiger partial charge on any atom is -0.339 e. The summed E-state index contributed by atoms with van der Waals surface area (Å²) in [5, 5.41) is 2.54. The van der Waals surface area contributed by atoms with Crippen molar-refractivity contribution in [1.82, 2.24) is 24.9 Å². The standard InChI is InChI=1S/C18H31N5O3/c1-15-5-2-3-7-22(15)17(25)14-21-11-9-20(10-12-21)6-4-8-23-16(24)13-19-18(23)26/h15H,2-14H2,1H3,(H,19,26). The predicted octanol–water partition coefficient (Wildman–Crippen LogP) is -0.0531. The maximum atomic E-state index is 12.5. The molecule has 3 fully saturated rings. The number of piperazine rings is 1. The lowest BCUT2D eigenvalue weighted by Gasteiger charge is -2.38.